The minimum atomic E-state index is -1.05. The third-order valence-electron chi connectivity index (χ3n) is 4.65. The lowest BCUT2D eigenvalue weighted by molar-refractivity contribution is 0.0699. The van der Waals surface area contributed by atoms with E-state index in [1.54, 1.807) is 25.3 Å². The molecule has 2 aromatic carbocycles. The molecule has 2 aromatic heterocycles. The number of pyridine rings is 1. The van der Waals surface area contributed by atoms with Crippen molar-refractivity contribution in [2.24, 2.45) is 0 Å². The predicted octanol–water partition coefficient (Wildman–Crippen LogP) is 5.16. The average Bonchev–Trinajstić information content (AvgIpc) is 3.18. The summed E-state index contributed by atoms with van der Waals surface area (Å²) >= 11 is 3.41. The Balaban J connectivity index is 1.88. The number of carbonyl (C=O) groups is 1. The van der Waals surface area contributed by atoms with Gasteiger partial charge in [0.15, 0.2) is 17.1 Å². The van der Waals surface area contributed by atoms with Crippen LogP contribution in [0, 0.1) is 0 Å². The van der Waals surface area contributed by atoms with Crippen LogP contribution in [0.2, 0.25) is 0 Å². The van der Waals surface area contributed by atoms with E-state index in [2.05, 4.69) is 31.1 Å². The molecule has 0 aliphatic heterocycles. The fraction of sp³-hybridized carbons (Fsp3) is 0.136. The van der Waals surface area contributed by atoms with Crippen molar-refractivity contribution in [1.29, 1.82) is 0 Å². The average molecular weight is 468 g/mol. The number of nitrogens with one attached hydrogen (secondary N) is 1. The maximum atomic E-state index is 12.1. The highest BCUT2D eigenvalue weighted by molar-refractivity contribution is 9.10. The molecule has 4 aromatic rings. The molecule has 0 atom stereocenters. The zero-order valence-corrected chi connectivity index (χ0v) is 17.9. The molecule has 2 heterocycles. The minimum Gasteiger partial charge on any atom is -0.493 e. The summed E-state index contributed by atoms with van der Waals surface area (Å²) in [4.78, 5) is 16.7. The molecule has 0 radical (unpaired) electrons. The number of hydrogen-bond acceptors (Lipinski definition) is 5. The van der Waals surface area contributed by atoms with Gasteiger partial charge in [-0.3, -0.25) is 5.10 Å². The molecule has 0 bridgehead atoms. The van der Waals surface area contributed by atoms with Crippen LogP contribution in [0.4, 0.5) is 0 Å². The second-order valence-electron chi connectivity index (χ2n) is 6.46. The molecule has 0 spiro atoms. The number of benzene rings is 2. The molecule has 0 aliphatic rings. The van der Waals surface area contributed by atoms with Gasteiger partial charge in [-0.2, -0.15) is 5.10 Å². The number of H-pyrrole nitrogens is 1. The number of fused-ring (bicyclic) bond motifs is 1. The summed E-state index contributed by atoms with van der Waals surface area (Å²) in [6.07, 6.45) is 0. The number of carboxylic acid groups (broad SMARTS) is 1. The minimum absolute atomic E-state index is 0.120. The van der Waals surface area contributed by atoms with E-state index >= 15 is 0 Å². The van der Waals surface area contributed by atoms with Gasteiger partial charge in [0.25, 0.3) is 0 Å². The Morgan fingerprint density at radius 1 is 1.10 bits per heavy atom. The van der Waals surface area contributed by atoms with Gasteiger partial charge in [-0.25, -0.2) is 9.78 Å². The van der Waals surface area contributed by atoms with E-state index in [0.717, 1.165) is 10.0 Å². The van der Waals surface area contributed by atoms with E-state index in [1.807, 2.05) is 37.3 Å². The maximum absolute atomic E-state index is 12.1. The number of nitrogens with zero attached hydrogens (tertiary/aromatic N) is 2. The van der Waals surface area contributed by atoms with Gasteiger partial charge in [-0.15, -0.1) is 0 Å². The highest BCUT2D eigenvalue weighted by Gasteiger charge is 2.20. The largest absolute Gasteiger partial charge is 0.493 e. The number of hydrogen-bond donors (Lipinski definition) is 2. The van der Waals surface area contributed by atoms with Crippen molar-refractivity contribution in [3.63, 3.8) is 0 Å². The van der Waals surface area contributed by atoms with E-state index in [4.69, 9.17) is 9.47 Å². The smallest absolute Gasteiger partial charge is 0.336 e. The second kappa shape index (κ2) is 8.16. The van der Waals surface area contributed by atoms with Gasteiger partial charge in [-0.05, 0) is 43.3 Å². The topological polar surface area (TPSA) is 97.3 Å². The molecule has 2 N–H and O–H groups in total. The van der Waals surface area contributed by atoms with Crippen molar-refractivity contribution >= 4 is 32.9 Å². The molecule has 0 amide bonds. The number of carboxylic acids is 1. The molecular formula is C22H18BrN3O4. The van der Waals surface area contributed by atoms with Crippen LogP contribution >= 0.6 is 15.9 Å². The molecular weight excluding hydrogens is 450 g/mol. The first-order valence-electron chi connectivity index (χ1n) is 9.21. The second-order valence-corrected chi connectivity index (χ2v) is 7.38. The van der Waals surface area contributed by atoms with Crippen LogP contribution in [-0.4, -0.2) is 40.0 Å². The van der Waals surface area contributed by atoms with Gasteiger partial charge in [-0.1, -0.05) is 28.1 Å². The maximum Gasteiger partial charge on any atom is 0.336 e. The Morgan fingerprint density at radius 3 is 2.50 bits per heavy atom. The summed E-state index contributed by atoms with van der Waals surface area (Å²) in [6, 6.07) is 14.5. The number of halogens is 1. The lowest BCUT2D eigenvalue weighted by Crippen LogP contribution is -2.01. The molecule has 0 saturated carbocycles. The first-order chi connectivity index (χ1) is 14.5. The summed E-state index contributed by atoms with van der Waals surface area (Å²) in [6.45, 7) is 2.40. The van der Waals surface area contributed by atoms with Crippen LogP contribution in [0.3, 0.4) is 0 Å². The third kappa shape index (κ3) is 3.61. The molecule has 30 heavy (non-hydrogen) atoms. The predicted molar refractivity (Wildman–Crippen MR) is 117 cm³/mol. The van der Waals surface area contributed by atoms with Gasteiger partial charge >= 0.3 is 5.97 Å². The van der Waals surface area contributed by atoms with Crippen molar-refractivity contribution in [1.82, 2.24) is 15.2 Å². The Bertz CT molecular complexity index is 1240. The van der Waals surface area contributed by atoms with E-state index in [1.165, 1.54) is 0 Å². The van der Waals surface area contributed by atoms with Gasteiger partial charge in [0.05, 0.1) is 36.1 Å². The summed E-state index contributed by atoms with van der Waals surface area (Å²) in [7, 11) is 1.55. The normalized spacial score (nSPS) is 10.9. The molecule has 8 heteroatoms. The van der Waals surface area contributed by atoms with Crippen molar-refractivity contribution in [2.45, 2.75) is 6.92 Å². The Kier molecular flexibility index (Phi) is 5.41. The van der Waals surface area contributed by atoms with Gasteiger partial charge in [0.2, 0.25) is 0 Å². The number of ether oxygens (including phenoxy) is 2. The Labute approximate surface area is 180 Å². The third-order valence-corrected chi connectivity index (χ3v) is 5.18. The number of aromatic nitrogens is 3. The lowest BCUT2D eigenvalue weighted by Gasteiger charge is -2.11. The Morgan fingerprint density at radius 2 is 1.83 bits per heavy atom. The SMILES string of the molecule is CCOc1ccc(-c2cc(C(=O)O)c3c(-c4ccc(Br)cc4)[nH]nc3n2)cc1OC. The standard InChI is InChI=1S/C22H18BrN3O4/c1-3-30-17-9-6-13(10-18(17)29-2)16-11-15(22(27)28)19-20(25-26-21(19)24-16)12-4-7-14(23)8-5-12/h4-11H,3H2,1-2H3,(H,27,28)(H,24,25,26). The molecule has 0 saturated heterocycles. The first kappa shape index (κ1) is 19.9. The monoisotopic (exact) mass is 467 g/mol. The molecule has 152 valence electrons. The molecule has 4 rings (SSSR count). The number of rotatable bonds is 6. The van der Waals surface area contributed by atoms with Gasteiger partial charge in [0, 0.05) is 15.6 Å². The van der Waals surface area contributed by atoms with E-state index in [0.29, 0.717) is 46.1 Å². The lowest BCUT2D eigenvalue weighted by atomic mass is 10.0. The summed E-state index contributed by atoms with van der Waals surface area (Å²) in [5.41, 5.74) is 3.06. The number of aromatic amines is 1. The van der Waals surface area contributed by atoms with E-state index in [9.17, 15) is 9.90 Å². The van der Waals surface area contributed by atoms with Crippen LogP contribution in [0.1, 0.15) is 17.3 Å². The zero-order valence-electron chi connectivity index (χ0n) is 16.3. The molecule has 0 aliphatic carbocycles. The fourth-order valence-corrected chi connectivity index (χ4v) is 3.53. The zero-order chi connectivity index (χ0) is 21.3. The quantitative estimate of drug-likeness (QED) is 0.406. The van der Waals surface area contributed by atoms with E-state index in [-0.39, 0.29) is 5.56 Å². The molecule has 0 fully saturated rings. The van der Waals surface area contributed by atoms with Crippen LogP contribution in [0.25, 0.3) is 33.5 Å². The van der Waals surface area contributed by atoms with Crippen molar-refractivity contribution < 1.29 is 19.4 Å². The highest BCUT2D eigenvalue weighted by atomic mass is 79.9. The first-order valence-corrected chi connectivity index (χ1v) is 10.0. The number of aromatic carboxylic acids is 1. The van der Waals surface area contributed by atoms with Crippen LogP contribution in [0.15, 0.2) is 53.0 Å². The van der Waals surface area contributed by atoms with Crippen molar-refractivity contribution in [3.8, 4) is 34.0 Å². The summed E-state index contributed by atoms with van der Waals surface area (Å²) < 4.78 is 11.9. The summed E-state index contributed by atoms with van der Waals surface area (Å²) in [5.74, 6) is 0.104. The summed E-state index contributed by atoms with van der Waals surface area (Å²) in [5, 5.41) is 17.6. The van der Waals surface area contributed by atoms with Gasteiger partial charge in [0.1, 0.15) is 0 Å². The van der Waals surface area contributed by atoms with Crippen LogP contribution < -0.4 is 9.47 Å². The van der Waals surface area contributed by atoms with Crippen molar-refractivity contribution in [2.75, 3.05) is 13.7 Å². The molecule has 7 nitrogen and oxygen atoms in total. The van der Waals surface area contributed by atoms with Crippen LogP contribution in [0.5, 0.6) is 11.5 Å². The van der Waals surface area contributed by atoms with Crippen LogP contribution in [-0.2, 0) is 0 Å². The van der Waals surface area contributed by atoms with Crippen molar-refractivity contribution in [3.05, 3.63) is 58.6 Å². The highest BCUT2D eigenvalue weighted by Crippen LogP contribution is 2.35. The number of methoxy groups -OCH3 is 1. The fourth-order valence-electron chi connectivity index (χ4n) is 3.27. The van der Waals surface area contributed by atoms with E-state index < -0.39 is 5.97 Å². The Hall–Kier alpha value is -3.39. The van der Waals surface area contributed by atoms with Gasteiger partial charge < -0.3 is 14.6 Å². The molecule has 0 unspecified atom stereocenters.